The lowest BCUT2D eigenvalue weighted by Crippen LogP contribution is -2.36. The first kappa shape index (κ1) is 26.6. The van der Waals surface area contributed by atoms with E-state index in [4.69, 9.17) is 22.1 Å². The molecule has 0 radical (unpaired) electrons. The smallest absolute Gasteiger partial charge is 0.323 e. The molecule has 1 aliphatic heterocycles. The lowest BCUT2D eigenvalue weighted by atomic mass is 10.0. The Morgan fingerprint density at radius 3 is 2.46 bits per heavy atom. The number of carbonyl (C=O) groups is 3. The van der Waals surface area contributed by atoms with Crippen LogP contribution in [0.5, 0.6) is 11.5 Å². The maximum Gasteiger partial charge on any atom is 0.323 e. The van der Waals surface area contributed by atoms with Gasteiger partial charge in [-0.15, -0.1) is 0 Å². The largest absolute Gasteiger partial charge is 0.480 e. The van der Waals surface area contributed by atoms with Gasteiger partial charge in [-0.05, 0) is 54.7 Å². The molecule has 1 fully saturated rings. The number of nitrogens with zero attached hydrogens (tertiary/aromatic N) is 2. The number of hydrogen-bond donors (Lipinski definition) is 1. The average molecular weight is 519 g/mol. The zero-order chi connectivity index (χ0) is 25.7. The summed E-state index contributed by atoms with van der Waals surface area (Å²) in [5, 5.41) is 8.35. The Hall–Kier alpha value is -2.98. The molecule has 0 bridgehead atoms. The second kappa shape index (κ2) is 11.6. The molecule has 7 nitrogen and oxygen atoms in total. The van der Waals surface area contributed by atoms with E-state index in [9.17, 15) is 18.8 Å². The molecule has 2 unspecified atom stereocenters. The predicted molar refractivity (Wildman–Crippen MR) is 136 cm³/mol. The van der Waals surface area contributed by atoms with E-state index in [0.717, 1.165) is 28.6 Å². The summed E-state index contributed by atoms with van der Waals surface area (Å²) in [5.74, 6) is -1.55. The van der Waals surface area contributed by atoms with Crippen molar-refractivity contribution >= 4 is 46.1 Å². The van der Waals surface area contributed by atoms with Gasteiger partial charge in [0.2, 0.25) is 11.8 Å². The van der Waals surface area contributed by atoms with Crippen molar-refractivity contribution in [3.05, 3.63) is 59.4 Å². The van der Waals surface area contributed by atoms with Crippen molar-refractivity contribution in [1.82, 2.24) is 9.80 Å². The van der Waals surface area contributed by atoms with Crippen molar-refractivity contribution in [2.24, 2.45) is 0 Å². The Labute approximate surface area is 213 Å². The molecule has 3 rings (SSSR count). The van der Waals surface area contributed by atoms with E-state index in [-0.39, 0.29) is 34.3 Å². The van der Waals surface area contributed by atoms with Crippen molar-refractivity contribution in [2.45, 2.75) is 44.4 Å². The van der Waals surface area contributed by atoms with Gasteiger partial charge < -0.3 is 14.7 Å². The summed E-state index contributed by atoms with van der Waals surface area (Å²) < 4.78 is 20.6. The fourth-order valence-corrected chi connectivity index (χ4v) is 5.31. The van der Waals surface area contributed by atoms with Gasteiger partial charge in [0.1, 0.15) is 16.6 Å². The van der Waals surface area contributed by atoms with Crippen molar-refractivity contribution in [3.8, 4) is 11.5 Å². The third kappa shape index (κ3) is 6.79. The number of thiocarbonyl (C=S) groups is 1. The number of rotatable bonds is 10. The Morgan fingerprint density at radius 2 is 1.89 bits per heavy atom. The van der Waals surface area contributed by atoms with Crippen LogP contribution in [0.3, 0.4) is 0 Å². The van der Waals surface area contributed by atoms with Gasteiger partial charge in [-0.2, -0.15) is 0 Å². The minimum Gasteiger partial charge on any atom is -0.480 e. The van der Waals surface area contributed by atoms with Crippen LogP contribution in [0.15, 0.2) is 42.5 Å². The second-order valence-corrected chi connectivity index (χ2v) is 10.1. The molecule has 0 aromatic heterocycles. The van der Waals surface area contributed by atoms with Gasteiger partial charge in [-0.1, -0.05) is 49.1 Å². The molecule has 1 N–H and O–H groups in total. The standard InChI is InChI=1S/C25H27FN2O5S2/c1-4-18(27(3)15(2)29)11-16-5-8-19(9-6-16)33-21-10-7-17(12-20(21)26)13-22-24(32)28(14-23(30)31)25(34)35-22/h5-10,12,18,22H,4,11,13-14H2,1-3H3,(H,30,31). The van der Waals surface area contributed by atoms with Gasteiger partial charge in [-0.25, -0.2) is 4.39 Å². The first-order chi connectivity index (χ1) is 16.6. The third-order valence-electron chi connectivity index (χ3n) is 5.85. The number of carboxylic acid groups (broad SMARTS) is 1. The predicted octanol–water partition coefficient (Wildman–Crippen LogP) is 4.27. The van der Waals surface area contributed by atoms with Crippen molar-refractivity contribution in [1.29, 1.82) is 0 Å². The first-order valence-corrected chi connectivity index (χ1v) is 12.4. The highest BCUT2D eigenvalue weighted by molar-refractivity contribution is 8.24. The van der Waals surface area contributed by atoms with Crippen LogP contribution in [0.1, 0.15) is 31.4 Å². The molecular formula is C25H27FN2O5S2. The van der Waals surface area contributed by atoms with E-state index in [0.29, 0.717) is 17.7 Å². The quantitative estimate of drug-likeness (QED) is 0.470. The number of thioether (sulfide) groups is 1. The van der Waals surface area contributed by atoms with Crippen LogP contribution in [-0.4, -0.2) is 61.9 Å². The Balaban J connectivity index is 1.62. The highest BCUT2D eigenvalue weighted by atomic mass is 32.2. The van der Waals surface area contributed by atoms with Crippen LogP contribution < -0.4 is 4.74 Å². The number of ether oxygens (including phenoxy) is 1. The highest BCUT2D eigenvalue weighted by Crippen LogP contribution is 2.31. The van der Waals surface area contributed by atoms with Crippen molar-refractivity contribution in [3.63, 3.8) is 0 Å². The Morgan fingerprint density at radius 1 is 1.23 bits per heavy atom. The molecule has 186 valence electrons. The minimum atomic E-state index is -1.14. The van der Waals surface area contributed by atoms with Gasteiger partial charge in [-0.3, -0.25) is 19.3 Å². The average Bonchev–Trinajstić information content (AvgIpc) is 3.06. The summed E-state index contributed by atoms with van der Waals surface area (Å²) in [6.07, 6.45) is 1.76. The molecule has 0 spiro atoms. The first-order valence-electron chi connectivity index (χ1n) is 11.1. The summed E-state index contributed by atoms with van der Waals surface area (Å²) in [4.78, 5) is 37.8. The van der Waals surface area contributed by atoms with Crippen molar-refractivity contribution in [2.75, 3.05) is 13.6 Å². The fourth-order valence-electron chi connectivity index (χ4n) is 3.78. The van der Waals surface area contributed by atoms with Crippen LogP contribution in [0.4, 0.5) is 4.39 Å². The monoisotopic (exact) mass is 518 g/mol. The lowest BCUT2D eigenvalue weighted by Gasteiger charge is -2.26. The van der Waals surface area contributed by atoms with E-state index < -0.39 is 23.6 Å². The SMILES string of the molecule is CCC(Cc1ccc(Oc2ccc(CC3SC(=S)N(CC(=O)O)C3=O)cc2F)cc1)N(C)C(C)=O. The molecular weight excluding hydrogens is 491 g/mol. The maximum absolute atomic E-state index is 14.7. The van der Waals surface area contributed by atoms with Crippen LogP contribution in [0.2, 0.25) is 0 Å². The summed E-state index contributed by atoms with van der Waals surface area (Å²) >= 11 is 6.22. The van der Waals surface area contributed by atoms with E-state index in [1.165, 1.54) is 12.1 Å². The van der Waals surface area contributed by atoms with E-state index >= 15 is 0 Å². The van der Waals surface area contributed by atoms with E-state index in [2.05, 4.69) is 0 Å². The molecule has 1 saturated heterocycles. The molecule has 2 amide bonds. The summed E-state index contributed by atoms with van der Waals surface area (Å²) in [6.45, 7) is 3.11. The molecule has 0 saturated carbocycles. The zero-order valence-electron chi connectivity index (χ0n) is 19.7. The van der Waals surface area contributed by atoms with E-state index in [1.54, 1.807) is 37.1 Å². The number of aliphatic carboxylic acids is 1. The number of hydrogen-bond acceptors (Lipinski definition) is 6. The maximum atomic E-state index is 14.7. The van der Waals surface area contributed by atoms with Crippen LogP contribution in [0.25, 0.3) is 0 Å². The summed E-state index contributed by atoms with van der Waals surface area (Å²) in [5.41, 5.74) is 1.62. The molecule has 2 aromatic carbocycles. The summed E-state index contributed by atoms with van der Waals surface area (Å²) in [6, 6.07) is 11.9. The zero-order valence-corrected chi connectivity index (χ0v) is 21.3. The highest BCUT2D eigenvalue weighted by Gasteiger charge is 2.37. The summed E-state index contributed by atoms with van der Waals surface area (Å²) in [7, 11) is 1.79. The number of likely N-dealkylation sites (N-methyl/N-ethyl adjacent to an activating group) is 1. The number of carbonyl (C=O) groups excluding carboxylic acids is 2. The minimum absolute atomic E-state index is 0.0203. The van der Waals surface area contributed by atoms with Gasteiger partial charge in [0.05, 0.1) is 5.25 Å². The number of carboxylic acids is 1. The normalized spacial score (nSPS) is 16.3. The molecule has 10 heteroatoms. The lowest BCUT2D eigenvalue weighted by molar-refractivity contribution is -0.141. The number of halogens is 1. The van der Waals surface area contributed by atoms with Gasteiger partial charge in [0.25, 0.3) is 0 Å². The molecule has 2 aromatic rings. The Bertz CT molecular complexity index is 1130. The number of amides is 2. The van der Waals surface area contributed by atoms with Crippen molar-refractivity contribution < 1.29 is 28.6 Å². The van der Waals surface area contributed by atoms with Gasteiger partial charge in [0.15, 0.2) is 11.6 Å². The molecule has 35 heavy (non-hydrogen) atoms. The van der Waals surface area contributed by atoms with E-state index in [1.807, 2.05) is 19.1 Å². The fraction of sp³-hybridized carbons (Fsp3) is 0.360. The van der Waals surface area contributed by atoms with Gasteiger partial charge >= 0.3 is 5.97 Å². The van der Waals surface area contributed by atoms with Crippen LogP contribution in [0, 0.1) is 5.82 Å². The van der Waals surface area contributed by atoms with Crippen LogP contribution in [-0.2, 0) is 27.2 Å². The number of benzene rings is 2. The molecule has 1 heterocycles. The molecule has 1 aliphatic rings. The Kier molecular flexibility index (Phi) is 8.85. The molecule has 0 aliphatic carbocycles. The molecule has 2 atom stereocenters. The topological polar surface area (TPSA) is 87.2 Å². The van der Waals surface area contributed by atoms with Crippen LogP contribution >= 0.6 is 24.0 Å². The van der Waals surface area contributed by atoms with Gasteiger partial charge in [0, 0.05) is 20.0 Å². The second-order valence-electron chi connectivity index (χ2n) is 8.30. The third-order valence-corrected chi connectivity index (χ3v) is 7.44.